The highest BCUT2D eigenvalue weighted by Crippen LogP contribution is 2.33. The first-order chi connectivity index (χ1) is 8.60. The predicted octanol–water partition coefficient (Wildman–Crippen LogP) is 2.47. The Kier molecular flexibility index (Phi) is 4.25. The number of carbonyl (C=O) groups excluding carboxylic acids is 1. The number of hydrogen-bond acceptors (Lipinski definition) is 2. The van der Waals surface area contributed by atoms with E-state index in [9.17, 15) is 9.59 Å². The molecule has 18 heavy (non-hydrogen) atoms. The van der Waals surface area contributed by atoms with E-state index in [0.717, 1.165) is 44.9 Å². The van der Waals surface area contributed by atoms with Crippen molar-refractivity contribution in [1.82, 2.24) is 5.32 Å². The molecule has 2 aliphatic rings. The van der Waals surface area contributed by atoms with E-state index < -0.39 is 11.5 Å². The van der Waals surface area contributed by atoms with Crippen LogP contribution in [0.3, 0.4) is 0 Å². The molecule has 2 fully saturated rings. The number of aliphatic carboxylic acids is 1. The Hall–Kier alpha value is -1.06. The lowest BCUT2D eigenvalue weighted by molar-refractivity contribution is -0.139. The van der Waals surface area contributed by atoms with E-state index in [1.54, 1.807) is 0 Å². The molecule has 0 heterocycles. The van der Waals surface area contributed by atoms with Crippen LogP contribution in [0.2, 0.25) is 0 Å². The molecule has 4 nitrogen and oxygen atoms in total. The molecule has 2 saturated carbocycles. The average molecular weight is 253 g/mol. The highest BCUT2D eigenvalue weighted by Gasteiger charge is 2.36. The molecule has 0 aliphatic heterocycles. The number of amides is 1. The monoisotopic (exact) mass is 253 g/mol. The summed E-state index contributed by atoms with van der Waals surface area (Å²) in [5.74, 6) is -0.209. The van der Waals surface area contributed by atoms with E-state index in [0.29, 0.717) is 12.3 Å². The first-order valence-corrected chi connectivity index (χ1v) is 7.12. The molecule has 4 heteroatoms. The van der Waals surface area contributed by atoms with Crippen LogP contribution in [0.4, 0.5) is 0 Å². The van der Waals surface area contributed by atoms with Gasteiger partial charge >= 0.3 is 5.97 Å². The first-order valence-electron chi connectivity index (χ1n) is 7.12. The Bertz CT molecular complexity index is 317. The smallest absolute Gasteiger partial charge is 0.305 e. The van der Waals surface area contributed by atoms with E-state index in [4.69, 9.17) is 5.11 Å². The summed E-state index contributed by atoms with van der Waals surface area (Å²) in [7, 11) is 0. The topological polar surface area (TPSA) is 66.4 Å². The Balaban J connectivity index is 1.90. The summed E-state index contributed by atoms with van der Waals surface area (Å²) >= 11 is 0. The van der Waals surface area contributed by atoms with Crippen molar-refractivity contribution in [3.05, 3.63) is 0 Å². The molecule has 2 aliphatic carbocycles. The van der Waals surface area contributed by atoms with Gasteiger partial charge in [-0.15, -0.1) is 0 Å². The lowest BCUT2D eigenvalue weighted by Crippen LogP contribution is -2.51. The van der Waals surface area contributed by atoms with E-state index in [-0.39, 0.29) is 12.3 Å². The normalized spacial score (nSPS) is 23.1. The van der Waals surface area contributed by atoms with Gasteiger partial charge < -0.3 is 10.4 Å². The van der Waals surface area contributed by atoms with E-state index in [1.165, 1.54) is 6.42 Å². The lowest BCUT2D eigenvalue weighted by atomic mass is 9.78. The van der Waals surface area contributed by atoms with Gasteiger partial charge in [0.2, 0.25) is 5.91 Å². The lowest BCUT2D eigenvalue weighted by Gasteiger charge is -2.38. The Labute approximate surface area is 108 Å². The molecular formula is C14H23NO3. The molecule has 0 unspecified atom stereocenters. The second-order valence-electron chi connectivity index (χ2n) is 5.96. The van der Waals surface area contributed by atoms with Crippen LogP contribution in [-0.4, -0.2) is 22.5 Å². The van der Waals surface area contributed by atoms with Crippen LogP contribution in [0.1, 0.15) is 64.2 Å². The fourth-order valence-corrected chi connectivity index (χ4v) is 3.17. The van der Waals surface area contributed by atoms with Crippen molar-refractivity contribution in [2.24, 2.45) is 5.92 Å². The zero-order chi connectivity index (χ0) is 13.0. The summed E-state index contributed by atoms with van der Waals surface area (Å²) in [6, 6.07) is 0. The zero-order valence-corrected chi connectivity index (χ0v) is 10.9. The number of rotatable bonds is 5. The molecule has 0 aromatic rings. The molecule has 0 spiro atoms. The second kappa shape index (κ2) is 5.72. The van der Waals surface area contributed by atoms with Crippen molar-refractivity contribution in [1.29, 1.82) is 0 Å². The van der Waals surface area contributed by atoms with Crippen LogP contribution in [0.25, 0.3) is 0 Å². The van der Waals surface area contributed by atoms with Gasteiger partial charge in [-0.25, -0.2) is 0 Å². The molecule has 0 aromatic carbocycles. The quantitative estimate of drug-likeness (QED) is 0.791. The highest BCUT2D eigenvalue weighted by molar-refractivity contribution is 5.78. The summed E-state index contributed by atoms with van der Waals surface area (Å²) < 4.78 is 0. The van der Waals surface area contributed by atoms with Gasteiger partial charge in [0.15, 0.2) is 0 Å². The van der Waals surface area contributed by atoms with Gasteiger partial charge in [0.1, 0.15) is 0 Å². The summed E-state index contributed by atoms with van der Waals surface area (Å²) in [5, 5.41) is 12.1. The Morgan fingerprint density at radius 2 is 1.78 bits per heavy atom. The van der Waals surface area contributed by atoms with Gasteiger partial charge in [-0.2, -0.15) is 0 Å². The third-order valence-corrected chi connectivity index (χ3v) is 4.40. The number of carboxylic acid groups (broad SMARTS) is 1. The summed E-state index contributed by atoms with van der Waals surface area (Å²) in [4.78, 5) is 23.0. The molecule has 2 N–H and O–H groups in total. The molecule has 0 radical (unpaired) electrons. The van der Waals surface area contributed by atoms with E-state index in [2.05, 4.69) is 5.32 Å². The third kappa shape index (κ3) is 3.47. The van der Waals surface area contributed by atoms with Crippen LogP contribution < -0.4 is 5.32 Å². The molecule has 1 amide bonds. The van der Waals surface area contributed by atoms with Crippen molar-refractivity contribution >= 4 is 11.9 Å². The molecule has 102 valence electrons. The molecule has 0 atom stereocenters. The van der Waals surface area contributed by atoms with Crippen LogP contribution in [0.15, 0.2) is 0 Å². The van der Waals surface area contributed by atoms with Gasteiger partial charge in [-0.1, -0.05) is 25.7 Å². The fraction of sp³-hybridized carbons (Fsp3) is 0.857. The van der Waals surface area contributed by atoms with Crippen molar-refractivity contribution in [2.45, 2.75) is 69.7 Å². The van der Waals surface area contributed by atoms with Gasteiger partial charge in [-0.05, 0) is 31.6 Å². The minimum absolute atomic E-state index is 0.0582. The van der Waals surface area contributed by atoms with Crippen molar-refractivity contribution in [3.63, 3.8) is 0 Å². The third-order valence-electron chi connectivity index (χ3n) is 4.40. The minimum atomic E-state index is -0.805. The maximum absolute atomic E-state index is 12.0. The van der Waals surface area contributed by atoms with Gasteiger partial charge in [0.05, 0.1) is 12.0 Å². The SMILES string of the molecule is O=C(O)CC1(NC(=O)CC2CCC2)CCCCC1. The maximum atomic E-state index is 12.0. The largest absolute Gasteiger partial charge is 0.481 e. The molecular weight excluding hydrogens is 230 g/mol. The van der Waals surface area contributed by atoms with Crippen molar-refractivity contribution < 1.29 is 14.7 Å². The Morgan fingerprint density at radius 1 is 1.11 bits per heavy atom. The van der Waals surface area contributed by atoms with E-state index >= 15 is 0 Å². The average Bonchev–Trinajstić information content (AvgIpc) is 2.23. The predicted molar refractivity (Wildman–Crippen MR) is 68.2 cm³/mol. The van der Waals surface area contributed by atoms with Crippen LogP contribution in [0.5, 0.6) is 0 Å². The highest BCUT2D eigenvalue weighted by atomic mass is 16.4. The Morgan fingerprint density at radius 3 is 2.28 bits per heavy atom. The van der Waals surface area contributed by atoms with Crippen molar-refractivity contribution in [2.75, 3.05) is 0 Å². The van der Waals surface area contributed by atoms with Gasteiger partial charge in [-0.3, -0.25) is 9.59 Å². The van der Waals surface area contributed by atoms with Crippen LogP contribution in [-0.2, 0) is 9.59 Å². The number of carbonyl (C=O) groups is 2. The number of carboxylic acids is 1. The molecule has 2 rings (SSSR count). The number of nitrogens with one attached hydrogen (secondary N) is 1. The zero-order valence-electron chi connectivity index (χ0n) is 10.9. The standard InChI is InChI=1S/C14H23NO3/c16-12(9-11-5-4-6-11)15-14(10-13(17)18)7-2-1-3-8-14/h11H,1-10H2,(H,15,16)(H,17,18). The summed E-state index contributed by atoms with van der Waals surface area (Å²) in [5.41, 5.74) is -0.467. The maximum Gasteiger partial charge on any atom is 0.305 e. The van der Waals surface area contributed by atoms with Crippen molar-refractivity contribution in [3.8, 4) is 0 Å². The molecule has 0 bridgehead atoms. The molecule has 0 aromatic heterocycles. The fourth-order valence-electron chi connectivity index (χ4n) is 3.17. The van der Waals surface area contributed by atoms with Crippen LogP contribution in [0, 0.1) is 5.92 Å². The second-order valence-corrected chi connectivity index (χ2v) is 5.96. The summed E-state index contributed by atoms with van der Waals surface area (Å²) in [6.45, 7) is 0. The number of hydrogen-bond donors (Lipinski definition) is 2. The summed E-state index contributed by atoms with van der Waals surface area (Å²) in [6.07, 6.45) is 9.03. The van der Waals surface area contributed by atoms with Gasteiger partial charge in [0, 0.05) is 6.42 Å². The first kappa shape index (κ1) is 13.4. The molecule has 0 saturated heterocycles. The van der Waals surface area contributed by atoms with Gasteiger partial charge in [0.25, 0.3) is 0 Å². The minimum Gasteiger partial charge on any atom is -0.481 e. The van der Waals surface area contributed by atoms with Crippen LogP contribution >= 0.6 is 0 Å². The van der Waals surface area contributed by atoms with E-state index in [1.807, 2.05) is 0 Å².